The molecule has 2 rings (SSSR count). The average molecular weight is 363 g/mol. The van der Waals surface area contributed by atoms with Gasteiger partial charge in [-0.25, -0.2) is 4.79 Å². The molecular formula is C11H9Br2NO3. The lowest BCUT2D eigenvalue weighted by Gasteiger charge is -2.16. The zero-order valence-electron chi connectivity index (χ0n) is 8.69. The predicted molar refractivity (Wildman–Crippen MR) is 70.8 cm³/mol. The number of benzene rings is 1. The van der Waals surface area contributed by atoms with Crippen molar-refractivity contribution in [2.45, 2.75) is 11.2 Å². The van der Waals surface area contributed by atoms with Crippen LogP contribution in [0.5, 0.6) is 0 Å². The van der Waals surface area contributed by atoms with Crippen molar-refractivity contribution in [2.75, 3.05) is 11.4 Å². The maximum atomic E-state index is 11.7. The number of aromatic carboxylic acids is 1. The minimum Gasteiger partial charge on any atom is -0.478 e. The highest BCUT2D eigenvalue weighted by molar-refractivity contribution is 9.10. The first kappa shape index (κ1) is 12.6. The Bertz CT molecular complexity index is 490. The molecule has 1 aliphatic heterocycles. The van der Waals surface area contributed by atoms with Crippen molar-refractivity contribution in [1.82, 2.24) is 0 Å². The molecule has 0 bridgehead atoms. The average Bonchev–Trinajstić information content (AvgIpc) is 2.57. The molecule has 1 aromatic rings. The molecule has 1 atom stereocenters. The summed E-state index contributed by atoms with van der Waals surface area (Å²) in [4.78, 5) is 24.4. The van der Waals surface area contributed by atoms with Crippen LogP contribution in [0.3, 0.4) is 0 Å². The van der Waals surface area contributed by atoms with Crippen molar-refractivity contribution in [2.24, 2.45) is 0 Å². The minimum atomic E-state index is -1.01. The second-order valence-corrected chi connectivity index (χ2v) is 6.02. The highest BCUT2D eigenvalue weighted by Gasteiger charge is 2.29. The summed E-state index contributed by atoms with van der Waals surface area (Å²) >= 11 is 6.64. The Morgan fingerprint density at radius 1 is 1.41 bits per heavy atom. The van der Waals surface area contributed by atoms with E-state index in [9.17, 15) is 9.59 Å². The number of amides is 1. The molecule has 1 N–H and O–H groups in total. The molecule has 0 aromatic heterocycles. The molecule has 17 heavy (non-hydrogen) atoms. The predicted octanol–water partition coefficient (Wildman–Crippen LogP) is 2.65. The Morgan fingerprint density at radius 2 is 2.12 bits per heavy atom. The zero-order valence-corrected chi connectivity index (χ0v) is 11.9. The molecule has 1 unspecified atom stereocenters. The van der Waals surface area contributed by atoms with E-state index in [0.29, 0.717) is 23.1 Å². The van der Waals surface area contributed by atoms with Gasteiger partial charge < -0.3 is 10.0 Å². The Balaban J connectivity index is 2.39. The van der Waals surface area contributed by atoms with Crippen molar-refractivity contribution < 1.29 is 14.7 Å². The number of hydrogen-bond donors (Lipinski definition) is 1. The molecule has 0 aliphatic carbocycles. The molecule has 0 spiro atoms. The number of halogens is 2. The molecule has 90 valence electrons. The molecule has 1 aliphatic rings. The van der Waals surface area contributed by atoms with E-state index in [1.807, 2.05) is 0 Å². The van der Waals surface area contributed by atoms with E-state index in [0.717, 1.165) is 0 Å². The second-order valence-electron chi connectivity index (χ2n) is 3.81. The summed E-state index contributed by atoms with van der Waals surface area (Å²) in [5, 5.41) is 8.96. The normalized spacial score (nSPS) is 19.8. The van der Waals surface area contributed by atoms with Gasteiger partial charge in [-0.2, -0.15) is 0 Å². The Hall–Kier alpha value is -0.880. The summed E-state index contributed by atoms with van der Waals surface area (Å²) in [6.45, 7) is 0.564. The largest absolute Gasteiger partial charge is 0.478 e. The van der Waals surface area contributed by atoms with Gasteiger partial charge in [-0.1, -0.05) is 31.9 Å². The van der Waals surface area contributed by atoms with E-state index in [2.05, 4.69) is 31.9 Å². The van der Waals surface area contributed by atoms with Crippen LogP contribution in [-0.4, -0.2) is 28.4 Å². The number of carboxylic acids is 1. The van der Waals surface area contributed by atoms with Gasteiger partial charge >= 0.3 is 5.97 Å². The standard InChI is InChI=1S/C11H9Br2NO3/c12-7-1-6(11(16)17)2-9(3-7)14-5-8(13)4-10(14)15/h1-3,8H,4-5H2,(H,16,17). The van der Waals surface area contributed by atoms with E-state index in [1.165, 1.54) is 12.1 Å². The quantitative estimate of drug-likeness (QED) is 0.823. The van der Waals surface area contributed by atoms with Crippen LogP contribution < -0.4 is 4.90 Å². The summed E-state index contributed by atoms with van der Waals surface area (Å²) in [6, 6.07) is 4.77. The zero-order chi connectivity index (χ0) is 12.6. The molecule has 4 nitrogen and oxygen atoms in total. The van der Waals surface area contributed by atoms with Gasteiger partial charge in [0, 0.05) is 28.0 Å². The van der Waals surface area contributed by atoms with Crippen LogP contribution in [-0.2, 0) is 4.79 Å². The summed E-state index contributed by atoms with van der Waals surface area (Å²) < 4.78 is 0.651. The van der Waals surface area contributed by atoms with Gasteiger partial charge in [0.15, 0.2) is 0 Å². The van der Waals surface area contributed by atoms with Crippen molar-refractivity contribution in [1.29, 1.82) is 0 Å². The third-order valence-electron chi connectivity index (χ3n) is 2.52. The summed E-state index contributed by atoms with van der Waals surface area (Å²) in [6.07, 6.45) is 0.439. The van der Waals surface area contributed by atoms with Crippen LogP contribution in [0.15, 0.2) is 22.7 Å². The lowest BCUT2D eigenvalue weighted by atomic mass is 10.2. The highest BCUT2D eigenvalue weighted by atomic mass is 79.9. The fourth-order valence-electron chi connectivity index (χ4n) is 1.77. The maximum Gasteiger partial charge on any atom is 0.335 e. The van der Waals surface area contributed by atoms with Crippen LogP contribution in [0.2, 0.25) is 0 Å². The molecule has 1 saturated heterocycles. The molecule has 0 radical (unpaired) electrons. The first-order chi connectivity index (χ1) is 7.97. The maximum absolute atomic E-state index is 11.7. The minimum absolute atomic E-state index is 0.00122. The van der Waals surface area contributed by atoms with Crippen LogP contribution in [0.25, 0.3) is 0 Å². The van der Waals surface area contributed by atoms with E-state index >= 15 is 0 Å². The number of nitrogens with zero attached hydrogens (tertiary/aromatic N) is 1. The highest BCUT2D eigenvalue weighted by Crippen LogP contribution is 2.28. The molecule has 1 aromatic carbocycles. The third-order valence-corrected chi connectivity index (χ3v) is 3.59. The Labute approximate surface area is 115 Å². The second kappa shape index (κ2) is 4.78. The van der Waals surface area contributed by atoms with Crippen LogP contribution in [0.1, 0.15) is 16.8 Å². The summed E-state index contributed by atoms with van der Waals surface area (Å²) in [5.41, 5.74) is 0.781. The van der Waals surface area contributed by atoms with Crippen LogP contribution in [0.4, 0.5) is 5.69 Å². The van der Waals surface area contributed by atoms with Crippen molar-refractivity contribution in [3.05, 3.63) is 28.2 Å². The molecule has 0 saturated carbocycles. The Kier molecular flexibility index (Phi) is 3.53. The van der Waals surface area contributed by atoms with Gasteiger partial charge in [0.1, 0.15) is 0 Å². The van der Waals surface area contributed by atoms with Gasteiger partial charge in [0.05, 0.1) is 5.56 Å². The van der Waals surface area contributed by atoms with E-state index in [-0.39, 0.29) is 16.3 Å². The number of alkyl halides is 1. The van der Waals surface area contributed by atoms with E-state index < -0.39 is 5.97 Å². The topological polar surface area (TPSA) is 57.6 Å². The smallest absolute Gasteiger partial charge is 0.335 e. The lowest BCUT2D eigenvalue weighted by molar-refractivity contribution is -0.117. The van der Waals surface area contributed by atoms with Gasteiger partial charge in [0.25, 0.3) is 0 Å². The molecule has 1 fully saturated rings. The van der Waals surface area contributed by atoms with Crippen LogP contribution >= 0.6 is 31.9 Å². The van der Waals surface area contributed by atoms with Gasteiger partial charge in [0.2, 0.25) is 5.91 Å². The number of carbonyl (C=O) groups is 2. The van der Waals surface area contributed by atoms with Gasteiger partial charge in [-0.05, 0) is 18.2 Å². The van der Waals surface area contributed by atoms with Gasteiger partial charge in [-0.3, -0.25) is 4.79 Å². The Morgan fingerprint density at radius 3 is 2.65 bits per heavy atom. The van der Waals surface area contributed by atoms with Gasteiger partial charge in [-0.15, -0.1) is 0 Å². The number of carbonyl (C=O) groups excluding carboxylic acids is 1. The van der Waals surface area contributed by atoms with E-state index in [4.69, 9.17) is 5.11 Å². The monoisotopic (exact) mass is 361 g/mol. The van der Waals surface area contributed by atoms with E-state index in [1.54, 1.807) is 11.0 Å². The number of hydrogen-bond acceptors (Lipinski definition) is 2. The fraction of sp³-hybridized carbons (Fsp3) is 0.273. The number of anilines is 1. The molecule has 1 heterocycles. The molecule has 1 amide bonds. The SMILES string of the molecule is O=C(O)c1cc(Br)cc(N2CC(Br)CC2=O)c1. The first-order valence-corrected chi connectivity index (χ1v) is 6.66. The number of carboxylic acid groups (broad SMARTS) is 1. The summed E-state index contributed by atoms with van der Waals surface area (Å²) in [5.74, 6) is -1.00. The van der Waals surface area contributed by atoms with Crippen molar-refractivity contribution in [3.8, 4) is 0 Å². The molecule has 6 heteroatoms. The fourth-order valence-corrected chi connectivity index (χ4v) is 2.81. The summed E-state index contributed by atoms with van der Waals surface area (Å²) in [7, 11) is 0. The van der Waals surface area contributed by atoms with Crippen LogP contribution in [0, 0.1) is 0 Å². The first-order valence-electron chi connectivity index (χ1n) is 4.95. The number of rotatable bonds is 2. The van der Waals surface area contributed by atoms with Crippen molar-refractivity contribution >= 4 is 49.4 Å². The van der Waals surface area contributed by atoms with Crippen molar-refractivity contribution in [3.63, 3.8) is 0 Å². The lowest BCUT2D eigenvalue weighted by Crippen LogP contribution is -2.24. The molecular weight excluding hydrogens is 354 g/mol. The third kappa shape index (κ3) is 2.69.